The third kappa shape index (κ3) is 3.50. The number of hydrogen-bond donors (Lipinski definition) is 1. The number of carbonyl (C=O) groups is 1. The van der Waals surface area contributed by atoms with E-state index < -0.39 is 17.6 Å². The zero-order valence-corrected chi connectivity index (χ0v) is 12.8. The van der Waals surface area contributed by atoms with Crippen LogP contribution in [0.25, 0.3) is 0 Å². The highest BCUT2D eigenvalue weighted by Crippen LogP contribution is 2.34. The molecule has 23 heavy (non-hydrogen) atoms. The van der Waals surface area contributed by atoms with Crippen LogP contribution in [0.3, 0.4) is 0 Å². The van der Waals surface area contributed by atoms with Crippen LogP contribution in [0, 0.1) is 0 Å². The van der Waals surface area contributed by atoms with Crippen molar-refractivity contribution in [3.05, 3.63) is 34.9 Å². The Kier molecular flexibility index (Phi) is 4.33. The first-order valence-electron chi connectivity index (χ1n) is 7.81. The van der Waals surface area contributed by atoms with Gasteiger partial charge < -0.3 is 5.73 Å². The number of primary amides is 1. The number of benzene rings is 1. The molecule has 0 aliphatic carbocycles. The molecule has 0 bridgehead atoms. The average Bonchev–Trinajstić information content (AvgIpc) is 2.93. The lowest BCUT2D eigenvalue weighted by molar-refractivity contribution is -0.138. The van der Waals surface area contributed by atoms with E-state index in [1.165, 1.54) is 18.6 Å². The number of carbonyl (C=O) groups excluding carboxylic acids is 1. The fourth-order valence-corrected chi connectivity index (χ4v) is 3.57. The molecule has 2 aliphatic heterocycles. The van der Waals surface area contributed by atoms with Gasteiger partial charge in [-0.3, -0.25) is 14.6 Å². The van der Waals surface area contributed by atoms with Crippen LogP contribution in [0.1, 0.15) is 34.3 Å². The first-order chi connectivity index (χ1) is 10.8. The number of halogens is 3. The second kappa shape index (κ2) is 6.13. The van der Waals surface area contributed by atoms with E-state index in [1.807, 2.05) is 0 Å². The van der Waals surface area contributed by atoms with E-state index >= 15 is 0 Å². The zero-order valence-electron chi connectivity index (χ0n) is 12.8. The molecule has 1 atom stereocenters. The summed E-state index contributed by atoms with van der Waals surface area (Å²) in [6.07, 6.45) is -2.21. The lowest BCUT2D eigenvalue weighted by Crippen LogP contribution is -2.49. The van der Waals surface area contributed by atoms with Gasteiger partial charge in [0.1, 0.15) is 0 Å². The monoisotopic (exact) mass is 327 g/mol. The van der Waals surface area contributed by atoms with Crippen LogP contribution in [0.4, 0.5) is 13.2 Å². The molecular weight excluding hydrogens is 307 g/mol. The molecule has 126 valence electrons. The average molecular weight is 327 g/mol. The van der Waals surface area contributed by atoms with Gasteiger partial charge in [0.25, 0.3) is 0 Å². The number of hydrogen-bond acceptors (Lipinski definition) is 3. The van der Waals surface area contributed by atoms with Crippen LogP contribution in [-0.2, 0) is 12.7 Å². The van der Waals surface area contributed by atoms with Gasteiger partial charge in [0.15, 0.2) is 0 Å². The van der Waals surface area contributed by atoms with E-state index in [-0.39, 0.29) is 17.7 Å². The summed E-state index contributed by atoms with van der Waals surface area (Å²) in [7, 11) is 0. The molecule has 0 radical (unpaired) electrons. The van der Waals surface area contributed by atoms with Gasteiger partial charge in [-0.15, -0.1) is 0 Å². The Morgan fingerprint density at radius 2 is 2.04 bits per heavy atom. The summed E-state index contributed by atoms with van der Waals surface area (Å²) in [5.41, 5.74) is 4.43. The van der Waals surface area contributed by atoms with Crippen molar-refractivity contribution in [2.75, 3.05) is 26.2 Å². The largest absolute Gasteiger partial charge is 0.416 e. The minimum absolute atomic E-state index is 0.110. The van der Waals surface area contributed by atoms with Crippen molar-refractivity contribution in [3.63, 3.8) is 0 Å². The molecule has 2 fully saturated rings. The van der Waals surface area contributed by atoms with Gasteiger partial charge >= 0.3 is 6.18 Å². The molecule has 1 aromatic carbocycles. The summed E-state index contributed by atoms with van der Waals surface area (Å²) < 4.78 is 39.8. The van der Waals surface area contributed by atoms with Crippen LogP contribution >= 0.6 is 0 Å². The second-order valence-electron chi connectivity index (χ2n) is 6.30. The summed E-state index contributed by atoms with van der Waals surface area (Å²) in [5, 5.41) is 0. The lowest BCUT2D eigenvalue weighted by atomic mass is 10.0. The fourth-order valence-electron chi connectivity index (χ4n) is 3.57. The number of piperazine rings is 1. The summed E-state index contributed by atoms with van der Waals surface area (Å²) in [6, 6.07) is 4.08. The summed E-state index contributed by atoms with van der Waals surface area (Å²) in [6.45, 7) is 3.82. The molecule has 0 spiro atoms. The molecule has 2 N–H and O–H groups in total. The van der Waals surface area contributed by atoms with Crippen molar-refractivity contribution in [3.8, 4) is 0 Å². The van der Waals surface area contributed by atoms with Gasteiger partial charge in [0.2, 0.25) is 5.91 Å². The van der Waals surface area contributed by atoms with E-state index in [2.05, 4.69) is 9.80 Å². The normalized spacial score (nSPS) is 23.0. The molecule has 4 nitrogen and oxygen atoms in total. The maximum atomic E-state index is 13.3. The Labute approximate surface area is 133 Å². The van der Waals surface area contributed by atoms with E-state index in [0.29, 0.717) is 6.04 Å². The van der Waals surface area contributed by atoms with Crippen molar-refractivity contribution in [2.45, 2.75) is 31.6 Å². The van der Waals surface area contributed by atoms with Crippen LogP contribution in [0.15, 0.2) is 18.2 Å². The molecular formula is C16H20F3N3O. The Hall–Kier alpha value is -1.60. The van der Waals surface area contributed by atoms with E-state index in [0.717, 1.165) is 38.7 Å². The number of nitrogens with zero attached hydrogens (tertiary/aromatic N) is 2. The third-order valence-corrected chi connectivity index (χ3v) is 4.77. The molecule has 2 heterocycles. The summed E-state index contributed by atoms with van der Waals surface area (Å²) >= 11 is 0. The van der Waals surface area contributed by atoms with Crippen molar-refractivity contribution < 1.29 is 18.0 Å². The minimum atomic E-state index is -4.49. The smallest absolute Gasteiger partial charge is 0.366 e. The van der Waals surface area contributed by atoms with E-state index in [4.69, 9.17) is 5.73 Å². The second-order valence-corrected chi connectivity index (χ2v) is 6.30. The van der Waals surface area contributed by atoms with Crippen molar-refractivity contribution in [1.82, 2.24) is 9.80 Å². The predicted octanol–water partition coefficient (Wildman–Crippen LogP) is 2.08. The Morgan fingerprint density at radius 3 is 2.74 bits per heavy atom. The fraction of sp³-hybridized carbons (Fsp3) is 0.562. The van der Waals surface area contributed by atoms with Gasteiger partial charge in [-0.25, -0.2) is 0 Å². The molecule has 3 rings (SSSR count). The van der Waals surface area contributed by atoms with Crippen LogP contribution < -0.4 is 5.73 Å². The molecule has 0 saturated carbocycles. The maximum absolute atomic E-state index is 13.3. The number of rotatable bonds is 3. The molecule has 2 saturated heterocycles. The Balaban J connectivity index is 1.80. The third-order valence-electron chi connectivity index (χ3n) is 4.77. The topological polar surface area (TPSA) is 49.6 Å². The number of nitrogens with two attached hydrogens (primary N) is 1. The van der Waals surface area contributed by atoms with Crippen molar-refractivity contribution in [2.24, 2.45) is 5.73 Å². The summed E-state index contributed by atoms with van der Waals surface area (Å²) in [5.74, 6) is -0.846. The van der Waals surface area contributed by atoms with Gasteiger partial charge in [0, 0.05) is 37.8 Å². The first kappa shape index (κ1) is 16.3. The van der Waals surface area contributed by atoms with E-state index in [1.54, 1.807) is 0 Å². The van der Waals surface area contributed by atoms with E-state index in [9.17, 15) is 18.0 Å². The van der Waals surface area contributed by atoms with Crippen LogP contribution in [0.5, 0.6) is 0 Å². The molecule has 0 unspecified atom stereocenters. The highest BCUT2D eigenvalue weighted by Gasteiger charge is 2.35. The Morgan fingerprint density at radius 1 is 1.26 bits per heavy atom. The van der Waals surface area contributed by atoms with Gasteiger partial charge in [-0.2, -0.15) is 13.2 Å². The number of amides is 1. The van der Waals surface area contributed by atoms with Gasteiger partial charge in [0.05, 0.1) is 5.56 Å². The molecule has 1 aromatic rings. The minimum Gasteiger partial charge on any atom is -0.366 e. The maximum Gasteiger partial charge on any atom is 0.416 e. The van der Waals surface area contributed by atoms with Gasteiger partial charge in [-0.1, -0.05) is 6.07 Å². The Bertz CT molecular complexity index is 603. The standard InChI is InChI=1S/C16H20F3N3O/c17-16(18,19)14-8-11(15(20)23)3-4-12(14)9-21-6-7-22-5-1-2-13(22)10-21/h3-4,8,13H,1-2,5-7,9-10H2,(H2,20,23)/t13-/m1/s1. The lowest BCUT2D eigenvalue weighted by Gasteiger charge is -2.37. The van der Waals surface area contributed by atoms with Crippen LogP contribution in [-0.4, -0.2) is 47.9 Å². The van der Waals surface area contributed by atoms with Crippen molar-refractivity contribution in [1.29, 1.82) is 0 Å². The molecule has 2 aliphatic rings. The highest BCUT2D eigenvalue weighted by atomic mass is 19.4. The summed E-state index contributed by atoms with van der Waals surface area (Å²) in [4.78, 5) is 15.6. The van der Waals surface area contributed by atoms with Gasteiger partial charge in [-0.05, 0) is 37.1 Å². The molecule has 0 aromatic heterocycles. The number of fused-ring (bicyclic) bond motifs is 1. The predicted molar refractivity (Wildman–Crippen MR) is 79.8 cm³/mol. The number of alkyl halides is 3. The molecule has 1 amide bonds. The first-order valence-corrected chi connectivity index (χ1v) is 7.81. The van der Waals surface area contributed by atoms with Crippen LogP contribution in [0.2, 0.25) is 0 Å². The van der Waals surface area contributed by atoms with Crippen molar-refractivity contribution >= 4 is 5.91 Å². The molecule has 7 heteroatoms. The zero-order chi connectivity index (χ0) is 16.6. The quantitative estimate of drug-likeness (QED) is 0.925. The SMILES string of the molecule is NC(=O)c1ccc(CN2CCN3CCC[C@@H]3C2)c(C(F)(F)F)c1. The highest BCUT2D eigenvalue weighted by molar-refractivity contribution is 5.93.